The van der Waals surface area contributed by atoms with Crippen LogP contribution < -0.4 is 4.72 Å². The summed E-state index contributed by atoms with van der Waals surface area (Å²) in [4.78, 5) is 17.4. The smallest absolute Gasteiger partial charge is 0.241 e. The molecule has 0 radical (unpaired) electrons. The molecule has 2 aromatic carbocycles. The minimum atomic E-state index is -3.79. The lowest BCUT2D eigenvalue weighted by molar-refractivity contribution is -0.131. The van der Waals surface area contributed by atoms with Crippen molar-refractivity contribution in [1.29, 1.82) is 0 Å². The second-order valence-corrected chi connectivity index (χ2v) is 10.7. The van der Waals surface area contributed by atoms with Gasteiger partial charge in [-0.15, -0.1) is 0 Å². The highest BCUT2D eigenvalue weighted by Gasteiger charge is 2.39. The van der Waals surface area contributed by atoms with Gasteiger partial charge in [0, 0.05) is 36.7 Å². The van der Waals surface area contributed by atoms with E-state index in [9.17, 15) is 13.2 Å². The number of amides is 1. The SMILES string of the molecule is CC(C)N1CCC(N2CC[C@H](NS(=O)(=O)c3ccc4cc(Cl)ccc4c3)C2=O)CC1. The lowest BCUT2D eigenvalue weighted by Crippen LogP contribution is -2.49. The maximum absolute atomic E-state index is 12.9. The first-order valence-corrected chi connectivity index (χ1v) is 12.4. The Kier molecular flexibility index (Phi) is 6.08. The number of halogens is 1. The monoisotopic (exact) mass is 449 g/mol. The second-order valence-electron chi connectivity index (χ2n) is 8.51. The van der Waals surface area contributed by atoms with Crippen LogP contribution in [0.2, 0.25) is 5.02 Å². The standard InChI is InChI=1S/C22H28ClN3O3S/c1-15(2)25-10-7-19(8-11-25)26-12-9-21(22(26)27)24-30(28,29)20-6-4-16-13-18(23)5-3-17(16)14-20/h3-6,13-15,19,21,24H,7-12H2,1-2H3/t21-/m0/s1. The molecule has 1 N–H and O–H groups in total. The van der Waals surface area contributed by atoms with Crippen LogP contribution in [0.4, 0.5) is 0 Å². The molecule has 1 amide bonds. The first kappa shape index (κ1) is 21.6. The molecule has 4 rings (SSSR count). The van der Waals surface area contributed by atoms with Gasteiger partial charge >= 0.3 is 0 Å². The number of nitrogens with one attached hydrogen (secondary N) is 1. The zero-order valence-corrected chi connectivity index (χ0v) is 18.9. The summed E-state index contributed by atoms with van der Waals surface area (Å²) in [6.07, 6.45) is 2.39. The summed E-state index contributed by atoms with van der Waals surface area (Å²) < 4.78 is 28.5. The van der Waals surface area contributed by atoms with E-state index in [0.717, 1.165) is 36.7 Å². The van der Waals surface area contributed by atoms with E-state index in [1.165, 1.54) is 0 Å². The van der Waals surface area contributed by atoms with Crippen molar-refractivity contribution in [2.24, 2.45) is 0 Å². The maximum atomic E-state index is 12.9. The van der Waals surface area contributed by atoms with Crippen molar-refractivity contribution in [3.63, 3.8) is 0 Å². The molecule has 0 bridgehead atoms. The van der Waals surface area contributed by atoms with Crippen molar-refractivity contribution in [2.75, 3.05) is 19.6 Å². The summed E-state index contributed by atoms with van der Waals surface area (Å²) in [6.45, 7) is 6.93. The lowest BCUT2D eigenvalue weighted by atomic mass is 10.0. The third kappa shape index (κ3) is 4.35. The predicted octanol–water partition coefficient (Wildman–Crippen LogP) is 3.25. The molecule has 162 valence electrons. The zero-order valence-electron chi connectivity index (χ0n) is 17.3. The molecule has 0 aliphatic carbocycles. The quantitative estimate of drug-likeness (QED) is 0.760. The fourth-order valence-corrected chi connectivity index (χ4v) is 5.94. The molecule has 2 aromatic rings. The summed E-state index contributed by atoms with van der Waals surface area (Å²) in [5.41, 5.74) is 0. The Hall–Kier alpha value is -1.67. The fourth-order valence-electron chi connectivity index (χ4n) is 4.50. The maximum Gasteiger partial charge on any atom is 0.241 e. The lowest BCUT2D eigenvalue weighted by Gasteiger charge is -2.38. The predicted molar refractivity (Wildman–Crippen MR) is 119 cm³/mol. The number of rotatable bonds is 5. The molecule has 0 saturated carbocycles. The molecule has 8 heteroatoms. The van der Waals surface area contributed by atoms with Gasteiger partial charge in [0.05, 0.1) is 4.90 Å². The summed E-state index contributed by atoms with van der Waals surface area (Å²) in [7, 11) is -3.79. The van der Waals surface area contributed by atoms with Crippen LogP contribution in [-0.2, 0) is 14.8 Å². The summed E-state index contributed by atoms with van der Waals surface area (Å²) >= 11 is 6.00. The Labute approximate surface area is 183 Å². The molecule has 0 aromatic heterocycles. The summed E-state index contributed by atoms with van der Waals surface area (Å²) in [5, 5.41) is 2.27. The molecule has 2 aliphatic rings. The molecule has 2 heterocycles. The Morgan fingerprint density at radius 2 is 1.67 bits per heavy atom. The normalized spacial score (nSPS) is 21.8. The third-order valence-corrected chi connectivity index (χ3v) is 8.00. The molecule has 2 aliphatic heterocycles. The number of carbonyl (C=O) groups is 1. The molecule has 0 unspecified atom stereocenters. The number of nitrogens with zero attached hydrogens (tertiary/aromatic N) is 2. The Morgan fingerprint density at radius 3 is 2.37 bits per heavy atom. The summed E-state index contributed by atoms with van der Waals surface area (Å²) in [6, 6.07) is 10.3. The number of fused-ring (bicyclic) bond motifs is 1. The molecule has 2 fully saturated rings. The molecule has 30 heavy (non-hydrogen) atoms. The van der Waals surface area contributed by atoms with Crippen molar-refractivity contribution >= 4 is 38.3 Å². The van der Waals surface area contributed by atoms with Crippen LogP contribution in [0.1, 0.15) is 33.1 Å². The minimum absolute atomic E-state index is 0.103. The summed E-state index contributed by atoms with van der Waals surface area (Å²) in [5.74, 6) is -0.103. The van der Waals surface area contributed by atoms with Crippen molar-refractivity contribution in [3.8, 4) is 0 Å². The van der Waals surface area contributed by atoms with Crippen LogP contribution in [0.5, 0.6) is 0 Å². The molecular weight excluding hydrogens is 422 g/mol. The van der Waals surface area contributed by atoms with Gasteiger partial charge in [0.15, 0.2) is 0 Å². The average Bonchev–Trinajstić information content (AvgIpc) is 3.07. The van der Waals surface area contributed by atoms with Gasteiger partial charge in [-0.2, -0.15) is 4.72 Å². The van der Waals surface area contributed by atoms with Gasteiger partial charge in [-0.25, -0.2) is 8.42 Å². The van der Waals surface area contributed by atoms with E-state index in [1.807, 2.05) is 4.90 Å². The number of hydrogen-bond acceptors (Lipinski definition) is 4. The largest absolute Gasteiger partial charge is 0.338 e. The van der Waals surface area contributed by atoms with Crippen molar-refractivity contribution < 1.29 is 13.2 Å². The highest BCUT2D eigenvalue weighted by Crippen LogP contribution is 2.26. The van der Waals surface area contributed by atoms with Gasteiger partial charge in [-0.3, -0.25) is 4.79 Å². The van der Waals surface area contributed by atoms with Crippen LogP contribution in [0.3, 0.4) is 0 Å². The number of hydrogen-bond donors (Lipinski definition) is 1. The van der Waals surface area contributed by atoms with E-state index in [-0.39, 0.29) is 16.8 Å². The van der Waals surface area contributed by atoms with Crippen LogP contribution >= 0.6 is 11.6 Å². The van der Waals surface area contributed by atoms with E-state index in [1.54, 1.807) is 36.4 Å². The first-order chi connectivity index (χ1) is 14.2. The van der Waals surface area contributed by atoms with E-state index in [2.05, 4.69) is 23.5 Å². The number of benzene rings is 2. The van der Waals surface area contributed by atoms with Crippen LogP contribution in [0.25, 0.3) is 10.8 Å². The zero-order chi connectivity index (χ0) is 21.5. The minimum Gasteiger partial charge on any atom is -0.338 e. The highest BCUT2D eigenvalue weighted by molar-refractivity contribution is 7.89. The molecular formula is C22H28ClN3O3S. The Morgan fingerprint density at radius 1 is 1.00 bits per heavy atom. The van der Waals surface area contributed by atoms with Crippen molar-refractivity contribution in [2.45, 2.75) is 56.1 Å². The van der Waals surface area contributed by atoms with E-state index >= 15 is 0 Å². The van der Waals surface area contributed by atoms with E-state index in [0.29, 0.717) is 24.0 Å². The van der Waals surface area contributed by atoms with Crippen molar-refractivity contribution in [1.82, 2.24) is 14.5 Å². The van der Waals surface area contributed by atoms with Crippen LogP contribution in [0, 0.1) is 0 Å². The first-order valence-electron chi connectivity index (χ1n) is 10.5. The Balaban J connectivity index is 1.44. The van der Waals surface area contributed by atoms with Crippen LogP contribution in [-0.4, -0.2) is 61.9 Å². The topological polar surface area (TPSA) is 69.7 Å². The van der Waals surface area contributed by atoms with Crippen molar-refractivity contribution in [3.05, 3.63) is 41.4 Å². The van der Waals surface area contributed by atoms with Crippen LogP contribution in [0.15, 0.2) is 41.3 Å². The van der Waals surface area contributed by atoms with E-state index in [4.69, 9.17) is 11.6 Å². The van der Waals surface area contributed by atoms with Gasteiger partial charge in [0.1, 0.15) is 6.04 Å². The van der Waals surface area contributed by atoms with Gasteiger partial charge in [-0.1, -0.05) is 23.7 Å². The number of carbonyl (C=O) groups excluding carboxylic acids is 1. The van der Waals surface area contributed by atoms with E-state index < -0.39 is 16.1 Å². The Bertz CT molecular complexity index is 1050. The number of sulfonamides is 1. The van der Waals surface area contributed by atoms with Gasteiger partial charge in [0.2, 0.25) is 15.9 Å². The molecule has 1 atom stereocenters. The third-order valence-electron chi connectivity index (χ3n) is 6.29. The molecule has 2 saturated heterocycles. The average molecular weight is 450 g/mol. The number of piperidine rings is 1. The highest BCUT2D eigenvalue weighted by atomic mass is 35.5. The van der Waals surface area contributed by atoms with Gasteiger partial charge in [0.25, 0.3) is 0 Å². The number of likely N-dealkylation sites (tertiary alicyclic amines) is 2. The molecule has 6 nitrogen and oxygen atoms in total. The molecule has 0 spiro atoms. The second kappa shape index (κ2) is 8.46. The van der Waals surface area contributed by atoms with Gasteiger partial charge in [-0.05, 0) is 68.1 Å². The fraction of sp³-hybridized carbons (Fsp3) is 0.500. The van der Waals surface area contributed by atoms with Gasteiger partial charge < -0.3 is 9.80 Å².